The van der Waals surface area contributed by atoms with E-state index in [-0.39, 0.29) is 0 Å². The molecule has 5 nitrogen and oxygen atoms in total. The van der Waals surface area contributed by atoms with E-state index in [1.165, 1.54) is 5.69 Å². The molecule has 1 unspecified atom stereocenters. The molecule has 22 heavy (non-hydrogen) atoms. The average Bonchev–Trinajstić information content (AvgIpc) is 3.14. The Kier molecular flexibility index (Phi) is 4.63. The smallest absolute Gasteiger partial charge is 0.243 e. The molecule has 2 N–H and O–H groups in total. The molecule has 5 heteroatoms. The summed E-state index contributed by atoms with van der Waals surface area (Å²) in [5, 5.41) is 0. The van der Waals surface area contributed by atoms with Gasteiger partial charge in [-0.15, -0.1) is 0 Å². The number of aryl methyl sites for hydroxylation is 2. The summed E-state index contributed by atoms with van der Waals surface area (Å²) in [6.45, 7) is 3.86. The molecule has 0 aliphatic carbocycles. The van der Waals surface area contributed by atoms with Crippen LogP contribution in [0.3, 0.4) is 0 Å². The van der Waals surface area contributed by atoms with E-state index in [1.807, 2.05) is 19.2 Å². The lowest BCUT2D eigenvalue weighted by Gasteiger charge is -2.18. The first-order valence-electron chi connectivity index (χ1n) is 7.94. The van der Waals surface area contributed by atoms with E-state index in [2.05, 4.69) is 44.9 Å². The lowest BCUT2D eigenvalue weighted by Crippen LogP contribution is -2.24. The van der Waals surface area contributed by atoms with Gasteiger partial charge in [-0.2, -0.15) is 0 Å². The van der Waals surface area contributed by atoms with E-state index in [0.29, 0.717) is 6.10 Å². The van der Waals surface area contributed by atoms with Gasteiger partial charge in [-0.25, -0.2) is 9.13 Å². The highest BCUT2D eigenvalue weighted by Gasteiger charge is 2.23. The average molecular weight is 301 g/mol. The van der Waals surface area contributed by atoms with Gasteiger partial charge in [0.1, 0.15) is 12.4 Å². The van der Waals surface area contributed by atoms with Crippen LogP contribution in [0, 0.1) is 0 Å². The summed E-state index contributed by atoms with van der Waals surface area (Å²) in [6, 6.07) is 8.09. The fourth-order valence-corrected chi connectivity index (χ4v) is 2.92. The van der Waals surface area contributed by atoms with E-state index in [0.717, 1.165) is 44.8 Å². The Morgan fingerprint density at radius 3 is 2.86 bits per heavy atom. The third kappa shape index (κ3) is 3.80. The molecule has 0 amide bonds. The highest BCUT2D eigenvalue weighted by atomic mass is 16.5. The molecule has 0 saturated carbocycles. The standard InChI is InChI=1S/C17H25N4O/c1-19-10-11-20(14-19)8-2-12-22-17-7-9-21(13-17)16-5-3-15(18)4-6-16/h3-6,10-11,14,17H,2,7-9,12-13,18H2,1H3/q+1. The second-order valence-corrected chi connectivity index (χ2v) is 5.99. The molecular formula is C17H25N4O+. The summed E-state index contributed by atoms with van der Waals surface area (Å²) in [5.74, 6) is 0. The van der Waals surface area contributed by atoms with Gasteiger partial charge in [0.15, 0.2) is 0 Å². The zero-order chi connectivity index (χ0) is 15.4. The number of benzene rings is 1. The predicted octanol–water partition coefficient (Wildman–Crippen LogP) is 1.58. The van der Waals surface area contributed by atoms with E-state index in [4.69, 9.17) is 10.5 Å². The number of nitrogens with two attached hydrogens (primary N) is 1. The van der Waals surface area contributed by atoms with Gasteiger partial charge in [-0.1, -0.05) is 0 Å². The minimum Gasteiger partial charge on any atom is -0.399 e. The van der Waals surface area contributed by atoms with Crippen LogP contribution in [0.5, 0.6) is 0 Å². The monoisotopic (exact) mass is 301 g/mol. The van der Waals surface area contributed by atoms with Crippen LogP contribution in [-0.2, 0) is 18.3 Å². The highest BCUT2D eigenvalue weighted by Crippen LogP contribution is 2.22. The summed E-state index contributed by atoms with van der Waals surface area (Å²) < 4.78 is 10.3. The Labute approximate surface area is 131 Å². The molecule has 2 heterocycles. The van der Waals surface area contributed by atoms with Crippen molar-refractivity contribution in [3.05, 3.63) is 43.0 Å². The normalized spacial score (nSPS) is 18.0. The maximum atomic E-state index is 6.02. The van der Waals surface area contributed by atoms with Gasteiger partial charge in [-0.05, 0) is 30.7 Å². The number of nitrogens with zero attached hydrogens (tertiary/aromatic N) is 3. The summed E-state index contributed by atoms with van der Waals surface area (Å²) in [5.41, 5.74) is 7.79. The van der Waals surface area contributed by atoms with Crippen molar-refractivity contribution in [3.63, 3.8) is 0 Å². The van der Waals surface area contributed by atoms with Crippen molar-refractivity contribution < 1.29 is 9.30 Å². The maximum absolute atomic E-state index is 6.02. The summed E-state index contributed by atoms with van der Waals surface area (Å²) in [4.78, 5) is 2.37. The maximum Gasteiger partial charge on any atom is 0.243 e. The molecule has 1 atom stereocenters. The minimum atomic E-state index is 0.346. The first-order chi connectivity index (χ1) is 10.7. The number of hydrogen-bond donors (Lipinski definition) is 1. The van der Waals surface area contributed by atoms with Crippen LogP contribution in [0.1, 0.15) is 12.8 Å². The lowest BCUT2D eigenvalue weighted by atomic mass is 10.2. The van der Waals surface area contributed by atoms with Crippen molar-refractivity contribution in [2.24, 2.45) is 7.05 Å². The van der Waals surface area contributed by atoms with Gasteiger partial charge in [-0.3, -0.25) is 0 Å². The molecule has 3 rings (SSSR count). The van der Waals surface area contributed by atoms with Crippen LogP contribution >= 0.6 is 0 Å². The van der Waals surface area contributed by atoms with Crippen LogP contribution in [0.15, 0.2) is 43.0 Å². The lowest BCUT2D eigenvalue weighted by molar-refractivity contribution is -0.671. The number of nitrogen functional groups attached to an aromatic ring is 1. The SMILES string of the molecule is C[n+]1ccn(CCCOC2CCN(c3ccc(N)cc3)C2)c1. The second-order valence-electron chi connectivity index (χ2n) is 5.99. The summed E-state index contributed by atoms with van der Waals surface area (Å²) >= 11 is 0. The van der Waals surface area contributed by atoms with Crippen molar-refractivity contribution >= 4 is 11.4 Å². The van der Waals surface area contributed by atoms with E-state index in [1.54, 1.807) is 0 Å². The number of anilines is 2. The molecule has 1 aliphatic rings. The van der Waals surface area contributed by atoms with Gasteiger partial charge >= 0.3 is 0 Å². The highest BCUT2D eigenvalue weighted by molar-refractivity contribution is 5.53. The van der Waals surface area contributed by atoms with Crippen molar-refractivity contribution in [1.82, 2.24) is 4.57 Å². The fourth-order valence-electron chi connectivity index (χ4n) is 2.92. The molecule has 1 saturated heterocycles. The molecule has 1 aliphatic heterocycles. The number of imidazole rings is 1. The van der Waals surface area contributed by atoms with Gasteiger partial charge in [0.05, 0.1) is 26.3 Å². The van der Waals surface area contributed by atoms with Crippen molar-refractivity contribution in [1.29, 1.82) is 0 Å². The van der Waals surface area contributed by atoms with Gasteiger partial charge < -0.3 is 15.4 Å². The van der Waals surface area contributed by atoms with Crippen LogP contribution in [-0.4, -0.2) is 30.4 Å². The molecule has 1 fully saturated rings. The summed E-state index contributed by atoms with van der Waals surface area (Å²) in [6.07, 6.45) is 8.74. The van der Waals surface area contributed by atoms with Gasteiger partial charge in [0.2, 0.25) is 6.33 Å². The molecule has 0 bridgehead atoms. The second kappa shape index (κ2) is 6.83. The fraction of sp³-hybridized carbons (Fsp3) is 0.471. The Morgan fingerprint density at radius 2 is 2.14 bits per heavy atom. The molecular weight excluding hydrogens is 276 g/mol. The zero-order valence-electron chi connectivity index (χ0n) is 13.2. The van der Waals surface area contributed by atoms with Crippen molar-refractivity contribution in [2.75, 3.05) is 30.3 Å². The third-order valence-electron chi connectivity index (χ3n) is 4.14. The molecule has 0 radical (unpaired) electrons. The molecule has 1 aromatic carbocycles. The molecule has 2 aromatic rings. The Balaban J connectivity index is 1.38. The molecule has 0 spiro atoms. The Hall–Kier alpha value is -2.01. The van der Waals surface area contributed by atoms with E-state index < -0.39 is 0 Å². The van der Waals surface area contributed by atoms with E-state index in [9.17, 15) is 0 Å². The first kappa shape index (κ1) is 14.9. The Morgan fingerprint density at radius 1 is 1.32 bits per heavy atom. The minimum absolute atomic E-state index is 0.346. The predicted molar refractivity (Wildman–Crippen MR) is 87.6 cm³/mol. The molecule has 118 valence electrons. The van der Waals surface area contributed by atoms with Gasteiger partial charge in [0.25, 0.3) is 0 Å². The van der Waals surface area contributed by atoms with Crippen molar-refractivity contribution in [2.45, 2.75) is 25.5 Å². The quantitative estimate of drug-likeness (QED) is 0.501. The van der Waals surface area contributed by atoms with E-state index >= 15 is 0 Å². The van der Waals surface area contributed by atoms with Crippen LogP contribution in [0.25, 0.3) is 0 Å². The third-order valence-corrected chi connectivity index (χ3v) is 4.14. The van der Waals surface area contributed by atoms with Crippen LogP contribution in [0.2, 0.25) is 0 Å². The topological polar surface area (TPSA) is 47.3 Å². The Bertz CT molecular complexity index is 593. The van der Waals surface area contributed by atoms with Crippen molar-refractivity contribution in [3.8, 4) is 0 Å². The summed E-state index contributed by atoms with van der Waals surface area (Å²) in [7, 11) is 2.04. The van der Waals surface area contributed by atoms with Crippen LogP contribution in [0.4, 0.5) is 11.4 Å². The number of hydrogen-bond acceptors (Lipinski definition) is 3. The largest absolute Gasteiger partial charge is 0.399 e. The number of aromatic nitrogens is 2. The molecule has 1 aromatic heterocycles. The first-order valence-corrected chi connectivity index (χ1v) is 7.94. The zero-order valence-corrected chi connectivity index (χ0v) is 13.2. The number of ether oxygens (including phenoxy) is 1. The van der Waals surface area contributed by atoms with Crippen LogP contribution < -0.4 is 15.2 Å². The number of rotatable bonds is 6. The van der Waals surface area contributed by atoms with Gasteiger partial charge in [0, 0.05) is 30.9 Å².